The van der Waals surface area contributed by atoms with Crippen molar-refractivity contribution in [3.05, 3.63) is 29.3 Å². The minimum atomic E-state index is 0.0441. The van der Waals surface area contributed by atoms with E-state index in [1.165, 1.54) is 0 Å². The number of hydrogen-bond donors (Lipinski definition) is 1. The van der Waals surface area contributed by atoms with Crippen molar-refractivity contribution in [3.63, 3.8) is 0 Å². The topological polar surface area (TPSA) is 67.9 Å². The molecular weight excluding hydrogens is 246 g/mol. The lowest BCUT2D eigenvalue weighted by Gasteiger charge is -2.16. The lowest BCUT2D eigenvalue weighted by atomic mass is 10.1. The van der Waals surface area contributed by atoms with Crippen molar-refractivity contribution >= 4 is 24.2 Å². The molecule has 0 N–H and O–H groups in total. The van der Waals surface area contributed by atoms with Crippen LogP contribution in [-0.2, 0) is 4.79 Å². The van der Waals surface area contributed by atoms with Crippen LogP contribution in [-0.4, -0.2) is 18.2 Å². The molecule has 1 saturated heterocycles. The molecule has 2 rings (SSSR count). The number of nitrogens with zero attached hydrogens (tertiary/aromatic N) is 3. The van der Waals surface area contributed by atoms with Crippen molar-refractivity contribution in [1.29, 1.82) is 10.5 Å². The Bertz CT molecular complexity index is 571. The van der Waals surface area contributed by atoms with Crippen LogP contribution in [0, 0.1) is 28.6 Å². The van der Waals surface area contributed by atoms with Gasteiger partial charge < -0.3 is 4.90 Å². The summed E-state index contributed by atoms with van der Waals surface area (Å²) in [5, 5.41) is 17.8. The highest BCUT2D eigenvalue weighted by atomic mass is 32.1. The van der Waals surface area contributed by atoms with Gasteiger partial charge in [0.05, 0.1) is 11.1 Å². The van der Waals surface area contributed by atoms with Gasteiger partial charge in [-0.15, -0.1) is 0 Å². The summed E-state index contributed by atoms with van der Waals surface area (Å²) < 4.78 is 0. The van der Waals surface area contributed by atoms with Gasteiger partial charge in [-0.25, -0.2) is 0 Å². The Balaban J connectivity index is 2.33. The zero-order valence-electron chi connectivity index (χ0n) is 9.63. The maximum Gasteiger partial charge on any atom is 0.227 e. The summed E-state index contributed by atoms with van der Waals surface area (Å²) in [6, 6.07) is 8.81. The van der Waals surface area contributed by atoms with Gasteiger partial charge in [-0.05, 0) is 29.9 Å². The SMILES string of the molecule is N#Cc1ccc(N2CC(CS)CC2=O)cc1C#N. The van der Waals surface area contributed by atoms with Gasteiger partial charge in [0.1, 0.15) is 12.1 Å². The predicted octanol–water partition coefficient (Wildman–Crippen LogP) is 1.71. The molecule has 0 spiro atoms. The predicted molar refractivity (Wildman–Crippen MR) is 70.2 cm³/mol. The van der Waals surface area contributed by atoms with Crippen molar-refractivity contribution in [2.24, 2.45) is 5.92 Å². The quantitative estimate of drug-likeness (QED) is 0.820. The fraction of sp³-hybridized carbons (Fsp3) is 0.308. The molecule has 5 heteroatoms. The third-order valence-electron chi connectivity index (χ3n) is 3.02. The maximum absolute atomic E-state index is 11.8. The number of anilines is 1. The Morgan fingerprint density at radius 3 is 2.61 bits per heavy atom. The van der Waals surface area contributed by atoms with Gasteiger partial charge in [0.2, 0.25) is 5.91 Å². The monoisotopic (exact) mass is 257 g/mol. The Morgan fingerprint density at radius 2 is 2.06 bits per heavy atom. The molecule has 1 aromatic carbocycles. The second-order valence-electron chi connectivity index (χ2n) is 4.21. The molecule has 4 nitrogen and oxygen atoms in total. The molecule has 18 heavy (non-hydrogen) atoms. The lowest BCUT2D eigenvalue weighted by molar-refractivity contribution is -0.117. The molecule has 0 aliphatic carbocycles. The van der Waals surface area contributed by atoms with Crippen LogP contribution in [0.1, 0.15) is 17.5 Å². The number of carbonyl (C=O) groups is 1. The standard InChI is InChI=1S/C13H11N3OS/c14-5-10-1-2-12(4-11(10)6-15)16-7-9(8-18)3-13(16)17/h1-2,4,9,18H,3,7-8H2. The first-order valence-electron chi connectivity index (χ1n) is 5.55. The summed E-state index contributed by atoms with van der Waals surface area (Å²) in [6.07, 6.45) is 0.491. The van der Waals surface area contributed by atoms with Gasteiger partial charge in [-0.3, -0.25) is 4.79 Å². The summed E-state index contributed by atoms with van der Waals surface area (Å²) in [5.74, 6) is 0.966. The van der Waals surface area contributed by atoms with Crippen LogP contribution < -0.4 is 4.90 Å². The Labute approximate surface area is 111 Å². The molecule has 1 heterocycles. The first-order valence-corrected chi connectivity index (χ1v) is 6.18. The van der Waals surface area contributed by atoms with E-state index in [0.717, 1.165) is 0 Å². The number of amides is 1. The average Bonchev–Trinajstić information content (AvgIpc) is 2.79. The lowest BCUT2D eigenvalue weighted by Crippen LogP contribution is -2.24. The molecule has 90 valence electrons. The van der Waals surface area contributed by atoms with Crippen molar-refractivity contribution in [1.82, 2.24) is 0 Å². The highest BCUT2D eigenvalue weighted by Crippen LogP contribution is 2.27. The number of carbonyl (C=O) groups excluding carboxylic acids is 1. The first-order chi connectivity index (χ1) is 8.69. The van der Waals surface area contributed by atoms with E-state index in [0.29, 0.717) is 35.5 Å². The summed E-state index contributed by atoms with van der Waals surface area (Å²) in [4.78, 5) is 13.5. The normalized spacial score (nSPS) is 18.5. The number of rotatable bonds is 2. The average molecular weight is 257 g/mol. The Kier molecular flexibility index (Phi) is 3.55. The van der Waals surface area contributed by atoms with E-state index in [1.54, 1.807) is 23.1 Å². The van der Waals surface area contributed by atoms with E-state index in [1.807, 2.05) is 12.1 Å². The smallest absolute Gasteiger partial charge is 0.227 e. The van der Waals surface area contributed by atoms with Crippen molar-refractivity contribution < 1.29 is 4.79 Å². The van der Waals surface area contributed by atoms with E-state index >= 15 is 0 Å². The molecule has 1 aliphatic heterocycles. The molecule has 1 atom stereocenters. The fourth-order valence-corrected chi connectivity index (χ4v) is 2.29. The van der Waals surface area contributed by atoms with Crippen LogP contribution in [0.4, 0.5) is 5.69 Å². The number of nitriles is 2. The van der Waals surface area contributed by atoms with Gasteiger partial charge in [0, 0.05) is 18.7 Å². The molecular formula is C13H11N3OS. The molecule has 1 aromatic rings. The summed E-state index contributed by atoms with van der Waals surface area (Å²) in [7, 11) is 0. The molecule has 0 radical (unpaired) electrons. The highest BCUT2D eigenvalue weighted by Gasteiger charge is 2.29. The van der Waals surface area contributed by atoms with Gasteiger partial charge in [-0.2, -0.15) is 23.2 Å². The van der Waals surface area contributed by atoms with Crippen molar-refractivity contribution in [3.8, 4) is 12.1 Å². The summed E-state index contributed by atoms with van der Waals surface area (Å²) >= 11 is 4.21. The zero-order valence-corrected chi connectivity index (χ0v) is 10.5. The van der Waals surface area contributed by atoms with Gasteiger partial charge >= 0.3 is 0 Å². The Hall–Kier alpha value is -1.98. The highest BCUT2D eigenvalue weighted by molar-refractivity contribution is 7.80. The second-order valence-corrected chi connectivity index (χ2v) is 4.58. The van der Waals surface area contributed by atoms with Gasteiger partial charge in [0.15, 0.2) is 0 Å². The van der Waals surface area contributed by atoms with E-state index in [9.17, 15) is 4.79 Å². The minimum absolute atomic E-state index is 0.0441. The van der Waals surface area contributed by atoms with Gasteiger partial charge in [-0.1, -0.05) is 0 Å². The van der Waals surface area contributed by atoms with Crippen LogP contribution in [0.3, 0.4) is 0 Å². The van der Waals surface area contributed by atoms with Crippen LogP contribution in [0.5, 0.6) is 0 Å². The largest absolute Gasteiger partial charge is 0.312 e. The number of hydrogen-bond acceptors (Lipinski definition) is 4. The van der Waals surface area contributed by atoms with Crippen LogP contribution >= 0.6 is 12.6 Å². The van der Waals surface area contributed by atoms with E-state index in [4.69, 9.17) is 10.5 Å². The zero-order chi connectivity index (χ0) is 13.1. The Morgan fingerprint density at radius 1 is 1.33 bits per heavy atom. The van der Waals surface area contributed by atoms with Crippen molar-refractivity contribution in [2.75, 3.05) is 17.2 Å². The molecule has 0 saturated carbocycles. The van der Waals surface area contributed by atoms with Crippen LogP contribution in [0.25, 0.3) is 0 Å². The summed E-state index contributed by atoms with van der Waals surface area (Å²) in [5.41, 5.74) is 1.32. The fourth-order valence-electron chi connectivity index (χ4n) is 2.04. The third kappa shape index (κ3) is 2.18. The second kappa shape index (κ2) is 5.12. The van der Waals surface area contributed by atoms with Crippen molar-refractivity contribution in [2.45, 2.75) is 6.42 Å². The van der Waals surface area contributed by atoms with E-state index in [-0.39, 0.29) is 11.8 Å². The minimum Gasteiger partial charge on any atom is -0.312 e. The van der Waals surface area contributed by atoms with E-state index < -0.39 is 0 Å². The molecule has 1 unspecified atom stereocenters. The maximum atomic E-state index is 11.8. The first kappa shape index (κ1) is 12.5. The van der Waals surface area contributed by atoms with Crippen LogP contribution in [0.2, 0.25) is 0 Å². The van der Waals surface area contributed by atoms with E-state index in [2.05, 4.69) is 12.6 Å². The molecule has 0 bridgehead atoms. The van der Waals surface area contributed by atoms with Gasteiger partial charge in [0.25, 0.3) is 0 Å². The molecule has 0 aromatic heterocycles. The van der Waals surface area contributed by atoms with Crippen LogP contribution in [0.15, 0.2) is 18.2 Å². The summed E-state index contributed by atoms with van der Waals surface area (Å²) in [6.45, 7) is 0.624. The third-order valence-corrected chi connectivity index (χ3v) is 3.54. The molecule has 1 fully saturated rings. The molecule has 1 aliphatic rings. The molecule has 1 amide bonds. The number of thiol groups is 1. The number of benzene rings is 1.